The lowest BCUT2D eigenvalue weighted by atomic mass is 10.1. The Balaban J connectivity index is 2.07. The summed E-state index contributed by atoms with van der Waals surface area (Å²) in [4.78, 5) is 0. The van der Waals surface area contributed by atoms with Crippen LogP contribution in [0.1, 0.15) is 19.4 Å². The van der Waals surface area contributed by atoms with Crippen LogP contribution in [0.5, 0.6) is 5.75 Å². The highest BCUT2D eigenvalue weighted by Gasteiger charge is 2.45. The van der Waals surface area contributed by atoms with Gasteiger partial charge in [0.2, 0.25) is 0 Å². The molecule has 2 nitrogen and oxygen atoms in total. The number of alkyl halides is 3. The summed E-state index contributed by atoms with van der Waals surface area (Å²) in [5.74, 6) is -0.336. The quantitative estimate of drug-likeness (QED) is 0.769. The zero-order chi connectivity index (χ0) is 14.3. The Labute approximate surface area is 113 Å². The van der Waals surface area contributed by atoms with E-state index in [1.165, 1.54) is 12.1 Å². The predicted molar refractivity (Wildman–Crippen MR) is 66.1 cm³/mol. The molecule has 6 heteroatoms. The molecule has 0 radical (unpaired) electrons. The summed E-state index contributed by atoms with van der Waals surface area (Å²) in [5.41, 5.74) is 0.435. The van der Waals surface area contributed by atoms with Crippen molar-refractivity contribution in [2.45, 2.75) is 31.9 Å². The Morgan fingerprint density at radius 1 is 1.37 bits per heavy atom. The molecule has 1 aromatic rings. The Bertz CT molecular complexity index is 509. The van der Waals surface area contributed by atoms with Crippen molar-refractivity contribution in [3.8, 4) is 5.75 Å². The number of benzene rings is 1. The molecule has 104 valence electrons. The largest absolute Gasteiger partial charge is 0.573 e. The van der Waals surface area contributed by atoms with E-state index >= 15 is 0 Å². The van der Waals surface area contributed by atoms with Crippen LogP contribution < -0.4 is 4.74 Å². The average molecular weight is 293 g/mol. The Morgan fingerprint density at radius 2 is 2.00 bits per heavy atom. The minimum Gasteiger partial charge on any atom is -0.406 e. The van der Waals surface area contributed by atoms with Gasteiger partial charge in [-0.25, -0.2) is 0 Å². The van der Waals surface area contributed by atoms with Crippen LogP contribution in [0.2, 0.25) is 5.02 Å². The van der Waals surface area contributed by atoms with Crippen LogP contribution in [-0.4, -0.2) is 18.1 Å². The summed E-state index contributed by atoms with van der Waals surface area (Å²) in [6.45, 7) is 3.90. The molecule has 19 heavy (non-hydrogen) atoms. The molecule has 2 rings (SSSR count). The number of rotatable bonds is 3. The van der Waals surface area contributed by atoms with Crippen LogP contribution in [0.3, 0.4) is 0 Å². The van der Waals surface area contributed by atoms with E-state index in [0.717, 1.165) is 6.07 Å². The molecule has 1 atom stereocenters. The zero-order valence-corrected chi connectivity index (χ0v) is 11.0. The topological polar surface area (TPSA) is 21.8 Å². The van der Waals surface area contributed by atoms with Gasteiger partial charge >= 0.3 is 6.36 Å². The maximum absolute atomic E-state index is 12.0. The lowest BCUT2D eigenvalue weighted by Crippen LogP contribution is -2.17. The van der Waals surface area contributed by atoms with Crippen LogP contribution in [-0.2, 0) is 4.74 Å². The highest BCUT2D eigenvalue weighted by molar-refractivity contribution is 6.32. The van der Waals surface area contributed by atoms with Gasteiger partial charge in [-0.15, -0.1) is 13.2 Å². The molecule has 0 N–H and O–H groups in total. The van der Waals surface area contributed by atoms with Crippen molar-refractivity contribution in [3.63, 3.8) is 0 Å². The summed E-state index contributed by atoms with van der Waals surface area (Å²) in [7, 11) is 0. The van der Waals surface area contributed by atoms with Crippen molar-refractivity contribution >= 4 is 17.7 Å². The summed E-state index contributed by atoms with van der Waals surface area (Å²) in [6.07, 6.45) is -1.16. The van der Waals surface area contributed by atoms with Crippen molar-refractivity contribution in [3.05, 3.63) is 34.9 Å². The normalized spacial score (nSPS) is 21.7. The average Bonchev–Trinajstić information content (AvgIpc) is 2.83. The third-order valence-electron chi connectivity index (χ3n) is 2.71. The Morgan fingerprint density at radius 3 is 2.47 bits per heavy atom. The minimum atomic E-state index is -4.72. The van der Waals surface area contributed by atoms with Crippen LogP contribution >= 0.6 is 11.6 Å². The van der Waals surface area contributed by atoms with Gasteiger partial charge in [-0.1, -0.05) is 23.8 Å². The molecule has 0 spiro atoms. The maximum atomic E-state index is 12.0. The van der Waals surface area contributed by atoms with Gasteiger partial charge in [0.1, 0.15) is 11.9 Å². The molecule has 1 unspecified atom stereocenters. The van der Waals surface area contributed by atoms with Crippen molar-refractivity contribution < 1.29 is 22.6 Å². The van der Waals surface area contributed by atoms with Crippen molar-refractivity contribution in [1.29, 1.82) is 0 Å². The summed E-state index contributed by atoms with van der Waals surface area (Å²) in [5, 5.41) is 0.191. The summed E-state index contributed by atoms with van der Waals surface area (Å²) >= 11 is 5.89. The second-order valence-electron chi connectivity index (χ2n) is 4.73. The Kier molecular flexibility index (Phi) is 3.53. The van der Waals surface area contributed by atoms with Crippen LogP contribution in [0, 0.1) is 0 Å². The fourth-order valence-electron chi connectivity index (χ4n) is 1.60. The first kappa shape index (κ1) is 14.2. The molecule has 1 aliphatic rings. The SMILES string of the molecule is CC1(C)OC1/C=C/c1ccc(OC(F)(F)F)cc1Cl. The molecular weight excluding hydrogens is 281 g/mol. The van der Waals surface area contributed by atoms with Gasteiger partial charge in [0.15, 0.2) is 0 Å². The molecule has 0 aromatic heterocycles. The lowest BCUT2D eigenvalue weighted by molar-refractivity contribution is -0.274. The second-order valence-corrected chi connectivity index (χ2v) is 5.14. The zero-order valence-electron chi connectivity index (χ0n) is 10.3. The van der Waals surface area contributed by atoms with Crippen molar-refractivity contribution in [1.82, 2.24) is 0 Å². The molecule has 1 aliphatic heterocycles. The van der Waals surface area contributed by atoms with E-state index in [2.05, 4.69) is 4.74 Å². The number of hydrogen-bond donors (Lipinski definition) is 0. The van der Waals surface area contributed by atoms with Gasteiger partial charge < -0.3 is 9.47 Å². The molecule has 1 heterocycles. The highest BCUT2D eigenvalue weighted by atomic mass is 35.5. The Hall–Kier alpha value is -1.20. The molecular formula is C13H12ClF3O2. The maximum Gasteiger partial charge on any atom is 0.573 e. The first-order valence-corrected chi connectivity index (χ1v) is 5.96. The monoisotopic (exact) mass is 292 g/mol. The van der Waals surface area contributed by atoms with E-state index in [4.69, 9.17) is 16.3 Å². The van der Waals surface area contributed by atoms with Crippen molar-refractivity contribution in [2.24, 2.45) is 0 Å². The van der Waals surface area contributed by atoms with Gasteiger partial charge in [0.25, 0.3) is 0 Å². The van der Waals surface area contributed by atoms with E-state index in [-0.39, 0.29) is 22.5 Å². The molecule has 0 amide bonds. The first-order chi connectivity index (χ1) is 8.67. The number of hydrogen-bond acceptors (Lipinski definition) is 2. The minimum absolute atomic E-state index is 0.00895. The molecule has 0 bridgehead atoms. The predicted octanol–water partition coefficient (Wildman–Crippen LogP) is 4.43. The summed E-state index contributed by atoms with van der Waals surface area (Å²) in [6, 6.07) is 3.82. The highest BCUT2D eigenvalue weighted by Crippen LogP contribution is 2.37. The second kappa shape index (κ2) is 4.72. The van der Waals surface area contributed by atoms with Gasteiger partial charge in [0, 0.05) is 0 Å². The lowest BCUT2D eigenvalue weighted by Gasteiger charge is -2.09. The van der Waals surface area contributed by atoms with E-state index in [1.807, 2.05) is 19.9 Å². The fraction of sp³-hybridized carbons (Fsp3) is 0.385. The van der Waals surface area contributed by atoms with Gasteiger partial charge in [-0.05, 0) is 37.6 Å². The van der Waals surface area contributed by atoms with E-state index < -0.39 is 6.36 Å². The smallest absolute Gasteiger partial charge is 0.406 e. The molecule has 0 aliphatic carbocycles. The summed E-state index contributed by atoms with van der Waals surface area (Å²) < 4.78 is 45.2. The molecule has 0 saturated carbocycles. The van der Waals surface area contributed by atoms with Gasteiger partial charge in [-0.2, -0.15) is 0 Å². The third kappa shape index (κ3) is 3.88. The number of ether oxygens (including phenoxy) is 2. The number of halogens is 4. The standard InChI is InChI=1S/C13H12ClF3O2/c1-12(2)11(19-12)6-4-8-3-5-9(7-10(8)14)18-13(15,16)17/h3-7,11H,1-2H3/b6-4+. The molecule has 1 fully saturated rings. The molecule has 1 saturated heterocycles. The van der Waals surface area contributed by atoms with Crippen LogP contribution in [0.15, 0.2) is 24.3 Å². The van der Waals surface area contributed by atoms with Gasteiger partial charge in [0.05, 0.1) is 10.6 Å². The fourth-order valence-corrected chi connectivity index (χ4v) is 1.83. The van der Waals surface area contributed by atoms with Crippen LogP contribution in [0.25, 0.3) is 6.08 Å². The van der Waals surface area contributed by atoms with Crippen LogP contribution in [0.4, 0.5) is 13.2 Å². The van der Waals surface area contributed by atoms with E-state index in [9.17, 15) is 13.2 Å². The number of epoxide rings is 1. The third-order valence-corrected chi connectivity index (χ3v) is 3.04. The van der Waals surface area contributed by atoms with E-state index in [1.54, 1.807) is 6.08 Å². The molecule has 1 aromatic carbocycles. The van der Waals surface area contributed by atoms with Gasteiger partial charge in [-0.3, -0.25) is 0 Å². The van der Waals surface area contributed by atoms with Crippen molar-refractivity contribution in [2.75, 3.05) is 0 Å². The first-order valence-electron chi connectivity index (χ1n) is 5.59. The van der Waals surface area contributed by atoms with E-state index in [0.29, 0.717) is 5.56 Å².